The van der Waals surface area contributed by atoms with Gasteiger partial charge in [0.1, 0.15) is 6.10 Å². The summed E-state index contributed by atoms with van der Waals surface area (Å²) in [5, 5.41) is 0. The molecule has 3 atom stereocenters. The quantitative estimate of drug-likeness (QED) is 0.420. The highest BCUT2D eigenvalue weighted by Crippen LogP contribution is 2.30. The van der Waals surface area contributed by atoms with E-state index in [-0.39, 0.29) is 24.4 Å². The van der Waals surface area contributed by atoms with Gasteiger partial charge in [-0.05, 0) is 37.9 Å². The zero-order valence-corrected chi connectivity index (χ0v) is 16.2. The smallest absolute Gasteiger partial charge is 0.301 e. The molecule has 2 rings (SSSR count). The Hall–Kier alpha value is -1.83. The van der Waals surface area contributed by atoms with Crippen molar-refractivity contribution in [3.63, 3.8) is 0 Å². The Balaban J connectivity index is 1.91. The summed E-state index contributed by atoms with van der Waals surface area (Å²) in [6.07, 6.45) is 3.79. The summed E-state index contributed by atoms with van der Waals surface area (Å²) in [5.74, 6) is 6.27. The molecule has 4 nitrogen and oxygen atoms in total. The Morgan fingerprint density at radius 2 is 1.88 bits per heavy atom. The van der Waals surface area contributed by atoms with Crippen LogP contribution in [0.2, 0.25) is 0 Å². The molecule has 26 heavy (non-hydrogen) atoms. The van der Waals surface area contributed by atoms with Crippen molar-refractivity contribution in [1.82, 2.24) is 4.90 Å². The predicted octanol–water partition coefficient (Wildman–Crippen LogP) is 4.00. The van der Waals surface area contributed by atoms with Gasteiger partial charge in [0, 0.05) is 12.5 Å². The Kier molecular flexibility index (Phi) is 8.67. The maximum absolute atomic E-state index is 12.0. The third kappa shape index (κ3) is 6.16. The first-order valence-electron chi connectivity index (χ1n) is 9.80. The highest BCUT2D eigenvalue weighted by atomic mass is 17.2. The normalized spacial score (nSPS) is 22.5. The molecule has 3 unspecified atom stereocenters. The maximum atomic E-state index is 12.0. The minimum absolute atomic E-state index is 0.110. The van der Waals surface area contributed by atoms with Crippen LogP contribution in [0.4, 0.5) is 0 Å². The summed E-state index contributed by atoms with van der Waals surface area (Å²) in [4.78, 5) is 25.2. The lowest BCUT2D eigenvalue weighted by Gasteiger charge is -2.38. The van der Waals surface area contributed by atoms with Crippen LogP contribution in [0.25, 0.3) is 0 Å². The van der Waals surface area contributed by atoms with E-state index < -0.39 is 0 Å². The van der Waals surface area contributed by atoms with E-state index >= 15 is 0 Å². The molecule has 1 saturated carbocycles. The monoisotopic (exact) mass is 357 g/mol. The molecule has 0 spiro atoms. The van der Waals surface area contributed by atoms with Gasteiger partial charge in [-0.1, -0.05) is 57.0 Å². The van der Waals surface area contributed by atoms with Crippen molar-refractivity contribution < 1.29 is 14.6 Å². The predicted molar refractivity (Wildman–Crippen MR) is 103 cm³/mol. The summed E-state index contributed by atoms with van der Waals surface area (Å²) < 4.78 is 0. The van der Waals surface area contributed by atoms with E-state index in [0.717, 1.165) is 44.3 Å². The number of rotatable bonds is 7. The minimum atomic E-state index is -0.357. The molecule has 1 aliphatic rings. The Morgan fingerprint density at radius 1 is 1.15 bits per heavy atom. The van der Waals surface area contributed by atoms with Gasteiger partial charge in [-0.3, -0.25) is 4.89 Å². The number of carbonyl (C=O) groups is 1. The van der Waals surface area contributed by atoms with Crippen LogP contribution < -0.4 is 0 Å². The number of benzene rings is 1. The van der Waals surface area contributed by atoms with Gasteiger partial charge >= 0.3 is 5.97 Å². The topological polar surface area (TPSA) is 38.8 Å². The van der Waals surface area contributed by atoms with Crippen molar-refractivity contribution in [1.29, 1.82) is 0 Å². The average Bonchev–Trinajstić information content (AvgIpc) is 2.67. The highest BCUT2D eigenvalue weighted by molar-refractivity contribution is 5.71. The molecule has 0 bridgehead atoms. The molecule has 1 fully saturated rings. The average molecular weight is 357 g/mol. The van der Waals surface area contributed by atoms with E-state index in [0.29, 0.717) is 6.04 Å². The summed E-state index contributed by atoms with van der Waals surface area (Å²) in [6.45, 7) is 8.54. The third-order valence-corrected chi connectivity index (χ3v) is 5.01. The van der Waals surface area contributed by atoms with Crippen LogP contribution >= 0.6 is 0 Å². The van der Waals surface area contributed by atoms with Gasteiger partial charge in [0.25, 0.3) is 0 Å². The van der Waals surface area contributed by atoms with E-state index in [1.807, 2.05) is 37.3 Å². The van der Waals surface area contributed by atoms with Gasteiger partial charge in [-0.2, -0.15) is 4.89 Å². The molecule has 0 saturated heterocycles. The lowest BCUT2D eigenvalue weighted by atomic mass is 9.83. The molecule has 1 aromatic carbocycles. The summed E-state index contributed by atoms with van der Waals surface area (Å²) in [5.41, 5.74) is 0.925. The molecule has 1 aliphatic carbocycles. The highest BCUT2D eigenvalue weighted by Gasteiger charge is 2.33. The van der Waals surface area contributed by atoms with Crippen molar-refractivity contribution in [3.05, 3.63) is 35.9 Å². The van der Waals surface area contributed by atoms with Crippen molar-refractivity contribution in [3.8, 4) is 11.8 Å². The van der Waals surface area contributed by atoms with Crippen LogP contribution in [-0.4, -0.2) is 36.1 Å². The Labute approximate surface area is 157 Å². The summed E-state index contributed by atoms with van der Waals surface area (Å²) in [7, 11) is 0. The number of nitrogens with zero attached hydrogens (tertiary/aromatic N) is 1. The van der Waals surface area contributed by atoms with Crippen LogP contribution in [0.15, 0.2) is 30.3 Å². The molecule has 0 heterocycles. The standard InChI is InChI=1S/C22H31NO3/c1-4-7-13-19-17-20(23(5-2)6-3)14-15-21(19)25-26-22(24)16-18-11-9-8-10-12-18/h8-12,19-21H,4-6,14-17H2,1-3H3. The summed E-state index contributed by atoms with van der Waals surface area (Å²) in [6, 6.07) is 10.1. The fourth-order valence-electron chi connectivity index (χ4n) is 3.60. The Bertz CT molecular complexity index is 601. The molecule has 142 valence electrons. The first-order valence-corrected chi connectivity index (χ1v) is 9.80. The zero-order valence-electron chi connectivity index (χ0n) is 16.2. The molecule has 0 amide bonds. The lowest BCUT2D eigenvalue weighted by Crippen LogP contribution is -2.43. The molecular weight excluding hydrogens is 326 g/mol. The molecule has 4 heteroatoms. The zero-order chi connectivity index (χ0) is 18.8. The number of hydrogen-bond acceptors (Lipinski definition) is 4. The van der Waals surface area contributed by atoms with Crippen LogP contribution in [-0.2, 0) is 21.0 Å². The lowest BCUT2D eigenvalue weighted by molar-refractivity contribution is -0.308. The number of hydrogen-bond donors (Lipinski definition) is 0. The molecule has 0 aromatic heterocycles. The first-order chi connectivity index (χ1) is 12.7. The largest absolute Gasteiger partial charge is 0.346 e. The second-order valence-corrected chi connectivity index (χ2v) is 6.72. The van der Waals surface area contributed by atoms with E-state index in [1.54, 1.807) is 0 Å². The molecule has 0 N–H and O–H groups in total. The van der Waals surface area contributed by atoms with Crippen molar-refractivity contribution in [2.75, 3.05) is 13.1 Å². The SMILES string of the molecule is CCC#CC1CC(N(CC)CC)CCC1OOC(=O)Cc1ccccc1. The van der Waals surface area contributed by atoms with Crippen LogP contribution in [0, 0.1) is 17.8 Å². The van der Waals surface area contributed by atoms with E-state index in [2.05, 4.69) is 30.6 Å². The minimum Gasteiger partial charge on any atom is -0.301 e. The second-order valence-electron chi connectivity index (χ2n) is 6.72. The van der Waals surface area contributed by atoms with Gasteiger partial charge in [-0.25, -0.2) is 4.79 Å². The fourth-order valence-corrected chi connectivity index (χ4v) is 3.60. The van der Waals surface area contributed by atoms with Crippen molar-refractivity contribution in [2.45, 2.75) is 65.0 Å². The third-order valence-electron chi connectivity index (χ3n) is 5.01. The molecule has 0 aliphatic heterocycles. The van der Waals surface area contributed by atoms with E-state index in [4.69, 9.17) is 9.78 Å². The van der Waals surface area contributed by atoms with Gasteiger partial charge in [0.15, 0.2) is 0 Å². The van der Waals surface area contributed by atoms with Crippen LogP contribution in [0.5, 0.6) is 0 Å². The van der Waals surface area contributed by atoms with E-state index in [9.17, 15) is 4.79 Å². The van der Waals surface area contributed by atoms with Gasteiger partial charge in [0.2, 0.25) is 0 Å². The number of carbonyl (C=O) groups excluding carboxylic acids is 1. The van der Waals surface area contributed by atoms with Crippen molar-refractivity contribution in [2.24, 2.45) is 5.92 Å². The first kappa shape index (κ1) is 20.5. The van der Waals surface area contributed by atoms with Crippen LogP contribution in [0.3, 0.4) is 0 Å². The van der Waals surface area contributed by atoms with Gasteiger partial charge in [-0.15, -0.1) is 5.92 Å². The van der Waals surface area contributed by atoms with Gasteiger partial charge in [0.05, 0.1) is 12.3 Å². The van der Waals surface area contributed by atoms with Gasteiger partial charge < -0.3 is 4.90 Å². The van der Waals surface area contributed by atoms with Crippen molar-refractivity contribution >= 4 is 5.97 Å². The summed E-state index contributed by atoms with van der Waals surface area (Å²) >= 11 is 0. The van der Waals surface area contributed by atoms with Crippen LogP contribution in [0.1, 0.15) is 52.0 Å². The second kappa shape index (κ2) is 11.0. The maximum Gasteiger partial charge on any atom is 0.346 e. The van der Waals surface area contributed by atoms with E-state index in [1.165, 1.54) is 0 Å². The fraction of sp³-hybridized carbons (Fsp3) is 0.591. The molecule has 1 aromatic rings. The molecule has 0 radical (unpaired) electrons. The Morgan fingerprint density at radius 3 is 2.54 bits per heavy atom. The molecular formula is C22H31NO3.